The van der Waals surface area contributed by atoms with Crippen molar-refractivity contribution in [1.29, 1.82) is 0 Å². The second kappa shape index (κ2) is 8.08. The molecule has 0 spiro atoms. The lowest BCUT2D eigenvalue weighted by Crippen LogP contribution is -2.34. The quantitative estimate of drug-likeness (QED) is 0.297. The zero-order valence-corrected chi connectivity index (χ0v) is 21.4. The molecule has 7 rings (SSSR count). The predicted octanol–water partition coefficient (Wildman–Crippen LogP) is 6.05. The summed E-state index contributed by atoms with van der Waals surface area (Å²) in [5.41, 5.74) is 6.00. The van der Waals surface area contributed by atoms with Crippen LogP contribution in [0, 0.1) is 25.6 Å². The molecule has 0 radical (unpaired) electrons. The van der Waals surface area contributed by atoms with Gasteiger partial charge in [-0.15, -0.1) is 11.3 Å². The number of likely N-dealkylation sites (tertiary alicyclic amines) is 1. The van der Waals surface area contributed by atoms with Crippen LogP contribution in [0.4, 0.5) is 4.39 Å². The van der Waals surface area contributed by atoms with Crippen LogP contribution in [0.5, 0.6) is 0 Å². The molecule has 2 aliphatic rings. The summed E-state index contributed by atoms with van der Waals surface area (Å²) in [6, 6.07) is 21.5. The van der Waals surface area contributed by atoms with Gasteiger partial charge in [-0.2, -0.15) is 5.10 Å². The van der Waals surface area contributed by atoms with Gasteiger partial charge in [-0.05, 0) is 72.9 Å². The van der Waals surface area contributed by atoms with Gasteiger partial charge in [0, 0.05) is 35.2 Å². The van der Waals surface area contributed by atoms with Crippen molar-refractivity contribution >= 4 is 28.1 Å². The summed E-state index contributed by atoms with van der Waals surface area (Å²) < 4.78 is 15.4. The van der Waals surface area contributed by atoms with Crippen molar-refractivity contribution in [1.82, 2.24) is 19.7 Å². The second-order valence-electron chi connectivity index (χ2n) is 10.2. The number of aryl methyl sites for hydroxylation is 2. The molecular formula is C30H25FN4OS. The molecule has 1 saturated heterocycles. The van der Waals surface area contributed by atoms with Crippen LogP contribution in [0.2, 0.25) is 0 Å². The van der Waals surface area contributed by atoms with Crippen molar-refractivity contribution in [2.24, 2.45) is 5.92 Å². The van der Waals surface area contributed by atoms with E-state index in [-0.39, 0.29) is 17.1 Å². The van der Waals surface area contributed by atoms with E-state index in [4.69, 9.17) is 0 Å². The van der Waals surface area contributed by atoms with E-state index in [0.29, 0.717) is 24.1 Å². The molecule has 7 heteroatoms. The van der Waals surface area contributed by atoms with Gasteiger partial charge >= 0.3 is 0 Å². The average Bonchev–Trinajstić information content (AvgIpc) is 3.32. The van der Waals surface area contributed by atoms with Crippen molar-refractivity contribution < 1.29 is 9.18 Å². The molecule has 0 N–H and O–H groups in total. The van der Waals surface area contributed by atoms with Gasteiger partial charge < -0.3 is 4.90 Å². The van der Waals surface area contributed by atoms with Crippen molar-refractivity contribution in [2.45, 2.75) is 25.2 Å². The highest BCUT2D eigenvalue weighted by molar-refractivity contribution is 7.09. The minimum atomic E-state index is -0.266. The normalized spacial score (nSPS) is 22.4. The molecule has 3 aromatic carbocycles. The summed E-state index contributed by atoms with van der Waals surface area (Å²) in [4.78, 5) is 19.8. The number of hydrogen-bond acceptors (Lipinski definition) is 4. The number of piperidine rings is 1. The molecule has 5 aromatic rings. The van der Waals surface area contributed by atoms with E-state index < -0.39 is 0 Å². The molecular weight excluding hydrogens is 483 g/mol. The molecule has 184 valence electrons. The summed E-state index contributed by atoms with van der Waals surface area (Å²) >= 11 is 1.51. The summed E-state index contributed by atoms with van der Waals surface area (Å²) in [5, 5.41) is 8.44. The van der Waals surface area contributed by atoms with Gasteiger partial charge in [0.1, 0.15) is 11.5 Å². The highest BCUT2D eigenvalue weighted by atomic mass is 32.1. The van der Waals surface area contributed by atoms with E-state index in [9.17, 15) is 9.18 Å². The molecule has 37 heavy (non-hydrogen) atoms. The minimum Gasteiger partial charge on any atom is -0.336 e. The fourth-order valence-electron chi connectivity index (χ4n) is 6.51. The Labute approximate surface area is 218 Å². The smallest absolute Gasteiger partial charge is 0.273 e. The van der Waals surface area contributed by atoms with Crippen LogP contribution in [-0.4, -0.2) is 38.7 Å². The van der Waals surface area contributed by atoms with E-state index >= 15 is 0 Å². The largest absolute Gasteiger partial charge is 0.336 e. The topological polar surface area (TPSA) is 51.0 Å². The first-order valence-corrected chi connectivity index (χ1v) is 13.3. The number of fused-ring (bicyclic) bond motifs is 2. The third-order valence-corrected chi connectivity index (χ3v) is 8.92. The maximum atomic E-state index is 13.5. The van der Waals surface area contributed by atoms with Crippen LogP contribution in [0.3, 0.4) is 0 Å². The van der Waals surface area contributed by atoms with E-state index in [2.05, 4.69) is 59.5 Å². The summed E-state index contributed by atoms with van der Waals surface area (Å²) in [6.07, 6.45) is 1.88. The molecule has 0 bridgehead atoms. The number of carbonyl (C=O) groups excluding carboxylic acids is 1. The maximum Gasteiger partial charge on any atom is 0.273 e. The van der Waals surface area contributed by atoms with Gasteiger partial charge in [-0.25, -0.2) is 14.1 Å². The monoisotopic (exact) mass is 508 g/mol. The lowest BCUT2D eigenvalue weighted by atomic mass is 9.86. The van der Waals surface area contributed by atoms with Crippen molar-refractivity contribution in [2.75, 3.05) is 13.1 Å². The predicted molar refractivity (Wildman–Crippen MR) is 143 cm³/mol. The number of hydrogen-bond donors (Lipinski definition) is 0. The molecule has 1 saturated carbocycles. The molecule has 5 nitrogen and oxygen atoms in total. The SMILES string of the molecule is Cc1nc(C(=O)N2CC3C(c4ccccc4)C3(c3cc4cnn(-c5ccc(F)cc5)c4cc3C)C2)cs1. The summed E-state index contributed by atoms with van der Waals surface area (Å²) in [6.45, 7) is 5.48. The molecule has 2 aromatic heterocycles. The molecule has 2 fully saturated rings. The number of carbonyl (C=O) groups is 1. The van der Waals surface area contributed by atoms with Gasteiger partial charge in [0.2, 0.25) is 0 Å². The standard InChI is InChI=1S/C30H25FN4OS/c1-18-12-27-21(14-32-35(27)23-10-8-22(31)9-11-23)13-24(18)30-17-34(29(36)26-16-37-19(2)33-26)15-25(30)28(30)20-6-4-3-5-7-20/h3-14,16,25,28H,15,17H2,1-2H3. The maximum absolute atomic E-state index is 13.5. The van der Waals surface area contributed by atoms with Crippen molar-refractivity contribution in [3.8, 4) is 5.69 Å². The van der Waals surface area contributed by atoms with Crippen LogP contribution < -0.4 is 0 Å². The minimum absolute atomic E-state index is 0.0191. The van der Waals surface area contributed by atoms with E-state index in [1.54, 1.807) is 12.1 Å². The van der Waals surface area contributed by atoms with Crippen LogP contribution in [0.1, 0.15) is 38.1 Å². The highest BCUT2D eigenvalue weighted by Gasteiger charge is 2.71. The first kappa shape index (κ1) is 22.4. The Morgan fingerprint density at radius 2 is 1.86 bits per heavy atom. The third kappa shape index (κ3) is 3.37. The van der Waals surface area contributed by atoms with Gasteiger partial charge in [0.05, 0.1) is 22.4 Å². The highest BCUT2D eigenvalue weighted by Crippen LogP contribution is 2.69. The van der Waals surface area contributed by atoms with Crippen molar-refractivity contribution in [3.05, 3.63) is 112 Å². The number of nitrogens with zero attached hydrogens (tertiary/aromatic N) is 4. The molecule has 3 heterocycles. The molecule has 3 atom stereocenters. The van der Waals surface area contributed by atoms with E-state index in [1.165, 1.54) is 40.2 Å². The summed E-state index contributed by atoms with van der Waals surface area (Å²) in [5.74, 6) is 0.461. The second-order valence-corrected chi connectivity index (χ2v) is 11.3. The molecule has 1 amide bonds. The van der Waals surface area contributed by atoms with Gasteiger partial charge in [-0.1, -0.05) is 30.3 Å². The fraction of sp³-hybridized carbons (Fsp3) is 0.233. The lowest BCUT2D eigenvalue weighted by Gasteiger charge is -2.25. The Balaban J connectivity index is 1.31. The molecule has 1 aliphatic carbocycles. The van der Waals surface area contributed by atoms with Crippen LogP contribution in [-0.2, 0) is 5.41 Å². The number of halogens is 1. The van der Waals surface area contributed by atoms with E-state index in [0.717, 1.165) is 28.1 Å². The fourth-order valence-corrected chi connectivity index (χ4v) is 7.10. The number of amides is 1. The van der Waals surface area contributed by atoms with Crippen LogP contribution in [0.15, 0.2) is 78.3 Å². The van der Waals surface area contributed by atoms with Crippen LogP contribution >= 0.6 is 11.3 Å². The van der Waals surface area contributed by atoms with Crippen molar-refractivity contribution in [3.63, 3.8) is 0 Å². The first-order chi connectivity index (χ1) is 18.0. The van der Waals surface area contributed by atoms with E-state index in [1.807, 2.05) is 28.1 Å². The van der Waals surface area contributed by atoms with Gasteiger partial charge in [0.25, 0.3) is 5.91 Å². The van der Waals surface area contributed by atoms with Gasteiger partial charge in [-0.3, -0.25) is 4.79 Å². The first-order valence-electron chi connectivity index (χ1n) is 12.5. The zero-order valence-electron chi connectivity index (χ0n) is 20.6. The molecule has 1 aliphatic heterocycles. The third-order valence-electron chi connectivity index (χ3n) is 8.15. The number of thiazole rings is 1. The number of aromatic nitrogens is 3. The number of rotatable bonds is 4. The van der Waals surface area contributed by atoms with Crippen LogP contribution in [0.25, 0.3) is 16.6 Å². The zero-order chi connectivity index (χ0) is 25.3. The Morgan fingerprint density at radius 3 is 2.59 bits per heavy atom. The Morgan fingerprint density at radius 1 is 1.08 bits per heavy atom. The summed E-state index contributed by atoms with van der Waals surface area (Å²) in [7, 11) is 0. The van der Waals surface area contributed by atoms with Gasteiger partial charge in [0.15, 0.2) is 0 Å². The Bertz CT molecular complexity index is 1660. The number of benzene rings is 3. The average molecular weight is 509 g/mol. The molecule has 3 unspecified atom stereocenters. The Hall–Kier alpha value is -3.84. The Kier molecular flexibility index (Phi) is 4.88. The lowest BCUT2D eigenvalue weighted by molar-refractivity contribution is 0.0764.